The quantitative estimate of drug-likeness (QED) is 0.822. The third kappa shape index (κ3) is 5.17. The molecule has 0 aromatic heterocycles. The Morgan fingerprint density at radius 3 is 2.22 bits per heavy atom. The molecule has 2 aromatic rings. The first-order valence-electron chi connectivity index (χ1n) is 9.41. The molecule has 6 heteroatoms. The van der Waals surface area contributed by atoms with E-state index in [0.717, 1.165) is 36.1 Å². The van der Waals surface area contributed by atoms with Crippen molar-refractivity contribution in [3.8, 4) is 0 Å². The van der Waals surface area contributed by atoms with Crippen molar-refractivity contribution in [1.29, 1.82) is 0 Å². The lowest BCUT2D eigenvalue weighted by Gasteiger charge is -2.25. The number of sulfonamides is 1. The second-order valence-electron chi connectivity index (χ2n) is 7.02. The number of aryl methyl sites for hydroxylation is 2. The lowest BCUT2D eigenvalue weighted by Crippen LogP contribution is -2.35. The molecule has 1 fully saturated rings. The minimum atomic E-state index is -3.40. The Balaban J connectivity index is 1.55. The minimum absolute atomic E-state index is 0.0520. The Morgan fingerprint density at radius 2 is 1.59 bits per heavy atom. The van der Waals surface area contributed by atoms with Gasteiger partial charge in [0.1, 0.15) is 0 Å². The fraction of sp³-hybridized carbons (Fsp3) is 0.381. The van der Waals surface area contributed by atoms with Crippen LogP contribution >= 0.6 is 0 Å². The molecule has 0 bridgehead atoms. The molecule has 0 atom stereocenters. The van der Waals surface area contributed by atoms with E-state index in [9.17, 15) is 13.2 Å². The molecule has 1 amide bonds. The zero-order valence-electron chi connectivity index (χ0n) is 15.6. The van der Waals surface area contributed by atoms with E-state index in [4.69, 9.17) is 0 Å². The van der Waals surface area contributed by atoms with Crippen LogP contribution in [-0.2, 0) is 21.2 Å². The largest absolute Gasteiger partial charge is 0.326 e. The fourth-order valence-corrected chi connectivity index (χ4v) is 4.72. The van der Waals surface area contributed by atoms with Gasteiger partial charge in [0.2, 0.25) is 15.9 Å². The van der Waals surface area contributed by atoms with E-state index in [1.54, 1.807) is 28.6 Å². The molecule has 27 heavy (non-hydrogen) atoms. The normalized spacial score (nSPS) is 15.4. The topological polar surface area (TPSA) is 66.5 Å². The molecular weight excluding hydrogens is 360 g/mol. The van der Waals surface area contributed by atoms with Gasteiger partial charge in [0.05, 0.1) is 4.90 Å². The van der Waals surface area contributed by atoms with Gasteiger partial charge in [-0.05, 0) is 56.0 Å². The van der Waals surface area contributed by atoms with Gasteiger partial charge in [-0.3, -0.25) is 4.79 Å². The van der Waals surface area contributed by atoms with Gasteiger partial charge in [-0.15, -0.1) is 0 Å². The molecule has 5 nitrogen and oxygen atoms in total. The minimum Gasteiger partial charge on any atom is -0.326 e. The van der Waals surface area contributed by atoms with Crippen molar-refractivity contribution in [3.05, 3.63) is 59.7 Å². The summed E-state index contributed by atoms with van der Waals surface area (Å²) in [6, 6.07) is 14.6. The highest BCUT2D eigenvalue weighted by Gasteiger charge is 2.25. The van der Waals surface area contributed by atoms with E-state index in [1.165, 1.54) is 0 Å². The smallest absolute Gasteiger partial charge is 0.243 e. The molecule has 0 spiro atoms. The molecule has 2 aromatic carbocycles. The van der Waals surface area contributed by atoms with Gasteiger partial charge in [-0.2, -0.15) is 4.31 Å². The van der Waals surface area contributed by atoms with Crippen LogP contribution in [0.4, 0.5) is 5.69 Å². The summed E-state index contributed by atoms with van der Waals surface area (Å²) in [5.74, 6) is -0.0520. The Labute approximate surface area is 161 Å². The molecule has 0 radical (unpaired) electrons. The first-order valence-corrected chi connectivity index (χ1v) is 10.8. The molecule has 1 N–H and O–H groups in total. The predicted octanol–water partition coefficient (Wildman–Crippen LogP) is 3.74. The number of rotatable bonds is 6. The van der Waals surface area contributed by atoms with Gasteiger partial charge < -0.3 is 5.32 Å². The molecule has 144 valence electrons. The van der Waals surface area contributed by atoms with Crippen LogP contribution < -0.4 is 5.32 Å². The number of benzene rings is 2. The number of piperidine rings is 1. The standard InChI is InChI=1S/C21H26N2O3S/c1-17-5-10-19(11-6-17)22-21(24)14-9-18-7-12-20(13-8-18)27(25,26)23-15-3-2-4-16-23/h5-8,10-13H,2-4,9,14-16H2,1H3,(H,22,24). The van der Waals surface area contributed by atoms with Crippen molar-refractivity contribution in [2.24, 2.45) is 0 Å². The van der Waals surface area contributed by atoms with E-state index >= 15 is 0 Å². The Hall–Kier alpha value is -2.18. The highest BCUT2D eigenvalue weighted by molar-refractivity contribution is 7.89. The van der Waals surface area contributed by atoms with Crippen molar-refractivity contribution in [2.45, 2.75) is 43.9 Å². The molecule has 1 aliphatic rings. The number of nitrogens with zero attached hydrogens (tertiary/aromatic N) is 1. The molecule has 1 aliphatic heterocycles. The van der Waals surface area contributed by atoms with Crippen molar-refractivity contribution >= 4 is 21.6 Å². The van der Waals surface area contributed by atoms with E-state index in [-0.39, 0.29) is 5.91 Å². The van der Waals surface area contributed by atoms with Crippen LogP contribution in [0.2, 0.25) is 0 Å². The third-order valence-electron chi connectivity index (χ3n) is 4.85. The van der Waals surface area contributed by atoms with Crippen LogP contribution in [0, 0.1) is 6.92 Å². The van der Waals surface area contributed by atoms with Gasteiger partial charge >= 0.3 is 0 Å². The molecule has 0 unspecified atom stereocenters. The second-order valence-corrected chi connectivity index (χ2v) is 8.96. The lowest BCUT2D eigenvalue weighted by molar-refractivity contribution is -0.116. The van der Waals surface area contributed by atoms with Crippen molar-refractivity contribution in [3.63, 3.8) is 0 Å². The molecule has 0 aliphatic carbocycles. The van der Waals surface area contributed by atoms with Crippen molar-refractivity contribution in [1.82, 2.24) is 4.31 Å². The van der Waals surface area contributed by atoms with Crippen LogP contribution in [-0.4, -0.2) is 31.7 Å². The maximum Gasteiger partial charge on any atom is 0.243 e. The monoisotopic (exact) mass is 386 g/mol. The first kappa shape index (κ1) is 19.6. The van der Waals surface area contributed by atoms with Gasteiger partial charge in [-0.1, -0.05) is 36.2 Å². The van der Waals surface area contributed by atoms with Gasteiger partial charge in [0, 0.05) is 25.2 Å². The number of hydrogen-bond acceptors (Lipinski definition) is 3. The Morgan fingerprint density at radius 1 is 0.963 bits per heavy atom. The maximum atomic E-state index is 12.7. The van der Waals surface area contributed by atoms with Crippen LogP contribution in [0.25, 0.3) is 0 Å². The zero-order chi connectivity index (χ0) is 19.3. The van der Waals surface area contributed by atoms with Crippen LogP contribution in [0.5, 0.6) is 0 Å². The average Bonchev–Trinajstić information content (AvgIpc) is 2.69. The SMILES string of the molecule is Cc1ccc(NC(=O)CCc2ccc(S(=O)(=O)N3CCCCC3)cc2)cc1. The number of nitrogens with one attached hydrogen (secondary N) is 1. The van der Waals surface area contributed by atoms with Gasteiger partial charge in [0.25, 0.3) is 0 Å². The van der Waals surface area contributed by atoms with Crippen LogP contribution in [0.3, 0.4) is 0 Å². The van der Waals surface area contributed by atoms with Crippen LogP contribution in [0.1, 0.15) is 36.8 Å². The van der Waals surface area contributed by atoms with E-state index in [1.807, 2.05) is 31.2 Å². The number of carbonyl (C=O) groups excluding carboxylic acids is 1. The molecular formula is C21H26N2O3S. The summed E-state index contributed by atoms with van der Waals surface area (Å²) >= 11 is 0. The van der Waals surface area contributed by atoms with Crippen LogP contribution in [0.15, 0.2) is 53.4 Å². The lowest BCUT2D eigenvalue weighted by atomic mass is 10.1. The van der Waals surface area contributed by atoms with Crippen molar-refractivity contribution in [2.75, 3.05) is 18.4 Å². The third-order valence-corrected chi connectivity index (χ3v) is 6.77. The van der Waals surface area contributed by atoms with Crippen molar-refractivity contribution < 1.29 is 13.2 Å². The van der Waals surface area contributed by atoms with E-state index in [2.05, 4.69) is 5.32 Å². The number of carbonyl (C=O) groups is 1. The van der Waals surface area contributed by atoms with E-state index < -0.39 is 10.0 Å². The molecule has 0 saturated carbocycles. The highest BCUT2D eigenvalue weighted by atomic mass is 32.2. The van der Waals surface area contributed by atoms with Gasteiger partial charge in [-0.25, -0.2) is 8.42 Å². The molecule has 1 saturated heterocycles. The summed E-state index contributed by atoms with van der Waals surface area (Å²) < 4.78 is 26.9. The predicted molar refractivity (Wildman–Crippen MR) is 107 cm³/mol. The number of amides is 1. The highest BCUT2D eigenvalue weighted by Crippen LogP contribution is 2.21. The first-order chi connectivity index (χ1) is 12.9. The summed E-state index contributed by atoms with van der Waals surface area (Å²) in [7, 11) is -3.40. The van der Waals surface area contributed by atoms with E-state index in [0.29, 0.717) is 30.8 Å². The number of hydrogen-bond donors (Lipinski definition) is 1. The maximum absolute atomic E-state index is 12.7. The second kappa shape index (κ2) is 8.67. The summed E-state index contributed by atoms with van der Waals surface area (Å²) in [4.78, 5) is 12.4. The zero-order valence-corrected chi connectivity index (χ0v) is 16.5. The Kier molecular flexibility index (Phi) is 6.29. The molecule has 1 heterocycles. The molecule has 3 rings (SSSR count). The average molecular weight is 387 g/mol. The summed E-state index contributed by atoms with van der Waals surface area (Å²) in [6.07, 6.45) is 3.87. The summed E-state index contributed by atoms with van der Waals surface area (Å²) in [6.45, 7) is 3.20. The summed E-state index contributed by atoms with van der Waals surface area (Å²) in [5.41, 5.74) is 2.88. The number of anilines is 1. The fourth-order valence-electron chi connectivity index (χ4n) is 3.20. The Bertz CT molecular complexity index is 869. The van der Waals surface area contributed by atoms with Gasteiger partial charge in [0.15, 0.2) is 0 Å². The summed E-state index contributed by atoms with van der Waals surface area (Å²) in [5, 5.41) is 2.88.